The fourth-order valence-electron chi connectivity index (χ4n) is 2.34. The monoisotopic (exact) mass is 420 g/mol. The number of benzene rings is 2. The highest BCUT2D eigenvalue weighted by molar-refractivity contribution is 9.10. The second-order valence-electron chi connectivity index (χ2n) is 5.38. The first-order valence-electron chi connectivity index (χ1n) is 7.20. The summed E-state index contributed by atoms with van der Waals surface area (Å²) >= 11 is 3.36. The molecule has 2 aromatic carbocycles. The molecule has 0 radical (unpaired) electrons. The van der Waals surface area contributed by atoms with Crippen LogP contribution in [0, 0.1) is 0 Å². The van der Waals surface area contributed by atoms with Crippen molar-refractivity contribution in [2.75, 3.05) is 5.01 Å². The Bertz CT molecular complexity index is 994. The van der Waals surface area contributed by atoms with Crippen molar-refractivity contribution in [1.82, 2.24) is 0 Å². The molecule has 0 saturated heterocycles. The van der Waals surface area contributed by atoms with Gasteiger partial charge in [-0.2, -0.15) is 18.5 Å². The summed E-state index contributed by atoms with van der Waals surface area (Å²) < 4.78 is 32.2. The fourth-order valence-corrected chi connectivity index (χ4v) is 3.09. The van der Waals surface area contributed by atoms with Crippen molar-refractivity contribution >= 4 is 49.4 Å². The number of anilines is 1. The van der Waals surface area contributed by atoms with E-state index in [1.807, 2.05) is 24.3 Å². The number of amides is 1. The van der Waals surface area contributed by atoms with Crippen LogP contribution in [0.2, 0.25) is 0 Å². The first-order valence-corrected chi connectivity index (χ1v) is 9.44. The molecule has 6 nitrogen and oxygen atoms in total. The molecule has 0 fully saturated rings. The average molecular weight is 421 g/mol. The van der Waals surface area contributed by atoms with Crippen molar-refractivity contribution in [3.8, 4) is 0 Å². The molecule has 0 spiro atoms. The summed E-state index contributed by atoms with van der Waals surface area (Å²) in [4.78, 5) is 12.4. The Balaban J connectivity index is 1.91. The summed E-state index contributed by atoms with van der Waals surface area (Å²) in [5, 5.41) is 5.44. The topological polar surface area (TPSA) is 87.0 Å². The van der Waals surface area contributed by atoms with Gasteiger partial charge in [0.15, 0.2) is 0 Å². The molecule has 1 aliphatic heterocycles. The first-order chi connectivity index (χ1) is 11.8. The van der Waals surface area contributed by atoms with Crippen LogP contribution < -0.4 is 5.01 Å². The predicted octanol–water partition coefficient (Wildman–Crippen LogP) is 3.50. The maximum absolute atomic E-state index is 12.6. The quantitative estimate of drug-likeness (QED) is 0.607. The van der Waals surface area contributed by atoms with Gasteiger partial charge in [-0.3, -0.25) is 9.35 Å². The van der Waals surface area contributed by atoms with Crippen molar-refractivity contribution in [3.05, 3.63) is 64.1 Å². The highest BCUT2D eigenvalue weighted by atomic mass is 79.9. The van der Waals surface area contributed by atoms with Gasteiger partial charge in [-0.25, -0.2) is 0 Å². The number of hydrazone groups is 1. The standard InChI is InChI=1S/C17H13BrN2O4S/c1-11-16(10-12-2-4-13(18)5-3-12)17(21)20(19-11)14-6-8-15(9-7-14)25(22,23)24/h2-10H,1H3,(H,22,23,24). The van der Waals surface area contributed by atoms with Crippen LogP contribution in [-0.4, -0.2) is 24.6 Å². The summed E-state index contributed by atoms with van der Waals surface area (Å²) in [6, 6.07) is 12.8. The van der Waals surface area contributed by atoms with E-state index in [4.69, 9.17) is 4.55 Å². The van der Waals surface area contributed by atoms with E-state index >= 15 is 0 Å². The van der Waals surface area contributed by atoms with Crippen LogP contribution >= 0.6 is 15.9 Å². The molecule has 0 unspecified atom stereocenters. The second kappa shape index (κ2) is 6.55. The fraction of sp³-hybridized carbons (Fsp3) is 0.0588. The molecule has 1 amide bonds. The van der Waals surface area contributed by atoms with Gasteiger partial charge >= 0.3 is 0 Å². The molecule has 2 aromatic rings. The van der Waals surface area contributed by atoms with Crippen molar-refractivity contribution in [3.63, 3.8) is 0 Å². The SMILES string of the molecule is CC1=NN(c2ccc(S(=O)(=O)O)cc2)C(=O)C1=Cc1ccc(Br)cc1. The maximum atomic E-state index is 12.6. The van der Waals surface area contributed by atoms with Crippen LogP contribution in [-0.2, 0) is 14.9 Å². The number of halogens is 1. The van der Waals surface area contributed by atoms with Gasteiger partial charge in [0.1, 0.15) is 0 Å². The molecule has 25 heavy (non-hydrogen) atoms. The lowest BCUT2D eigenvalue weighted by Gasteiger charge is -2.12. The van der Waals surface area contributed by atoms with E-state index in [0.29, 0.717) is 17.0 Å². The molecule has 1 N–H and O–H groups in total. The van der Waals surface area contributed by atoms with Gasteiger partial charge in [0.25, 0.3) is 16.0 Å². The van der Waals surface area contributed by atoms with Gasteiger partial charge in [0.2, 0.25) is 0 Å². The normalized spacial score (nSPS) is 16.4. The van der Waals surface area contributed by atoms with Crippen molar-refractivity contribution in [2.24, 2.45) is 5.10 Å². The van der Waals surface area contributed by atoms with Crippen LogP contribution in [0.25, 0.3) is 6.08 Å². The number of carbonyl (C=O) groups excluding carboxylic acids is 1. The Morgan fingerprint density at radius 3 is 2.24 bits per heavy atom. The van der Waals surface area contributed by atoms with Crippen LogP contribution in [0.3, 0.4) is 0 Å². The molecule has 3 rings (SSSR count). The zero-order valence-corrected chi connectivity index (χ0v) is 15.5. The van der Waals surface area contributed by atoms with Crippen molar-refractivity contribution < 1.29 is 17.8 Å². The van der Waals surface area contributed by atoms with E-state index in [0.717, 1.165) is 10.0 Å². The smallest absolute Gasteiger partial charge is 0.282 e. The van der Waals surface area contributed by atoms with Crippen molar-refractivity contribution in [2.45, 2.75) is 11.8 Å². The lowest BCUT2D eigenvalue weighted by atomic mass is 10.1. The molecular weight excluding hydrogens is 408 g/mol. The summed E-state index contributed by atoms with van der Waals surface area (Å²) in [6.07, 6.45) is 1.75. The first kappa shape index (κ1) is 17.5. The Kier molecular flexibility index (Phi) is 4.59. The van der Waals surface area contributed by atoms with Gasteiger partial charge in [-0.1, -0.05) is 28.1 Å². The molecule has 0 aromatic heterocycles. The third-order valence-corrected chi connectivity index (χ3v) is 5.02. The van der Waals surface area contributed by atoms with Crippen LogP contribution in [0.1, 0.15) is 12.5 Å². The van der Waals surface area contributed by atoms with Gasteiger partial charge in [0, 0.05) is 4.47 Å². The Hall–Kier alpha value is -2.29. The highest BCUT2D eigenvalue weighted by Crippen LogP contribution is 2.26. The number of nitrogens with zero attached hydrogens (tertiary/aromatic N) is 2. The van der Waals surface area contributed by atoms with Gasteiger partial charge in [0.05, 0.1) is 21.9 Å². The van der Waals surface area contributed by atoms with E-state index in [1.54, 1.807) is 13.0 Å². The maximum Gasteiger partial charge on any atom is 0.294 e. The molecule has 0 saturated carbocycles. The zero-order valence-electron chi connectivity index (χ0n) is 13.0. The third-order valence-electron chi connectivity index (χ3n) is 3.62. The van der Waals surface area contributed by atoms with Crippen LogP contribution in [0.15, 0.2) is 68.6 Å². The summed E-state index contributed by atoms with van der Waals surface area (Å²) in [5.41, 5.74) is 2.30. The predicted molar refractivity (Wildman–Crippen MR) is 99.0 cm³/mol. The largest absolute Gasteiger partial charge is 0.294 e. The van der Waals surface area contributed by atoms with E-state index in [-0.39, 0.29) is 10.8 Å². The lowest BCUT2D eigenvalue weighted by Crippen LogP contribution is -2.21. The summed E-state index contributed by atoms with van der Waals surface area (Å²) in [5.74, 6) is -0.306. The van der Waals surface area contributed by atoms with E-state index in [1.165, 1.54) is 29.3 Å². The van der Waals surface area contributed by atoms with Crippen molar-refractivity contribution in [1.29, 1.82) is 0 Å². The van der Waals surface area contributed by atoms with Crippen LogP contribution in [0.4, 0.5) is 5.69 Å². The van der Waals surface area contributed by atoms with Gasteiger partial charge in [-0.05, 0) is 55.0 Å². The van der Waals surface area contributed by atoms with Crippen LogP contribution in [0.5, 0.6) is 0 Å². The van der Waals surface area contributed by atoms with Gasteiger partial charge in [-0.15, -0.1) is 0 Å². The number of hydrogen-bond donors (Lipinski definition) is 1. The third kappa shape index (κ3) is 3.71. The molecule has 8 heteroatoms. The summed E-state index contributed by atoms with van der Waals surface area (Å²) in [6.45, 7) is 1.73. The molecule has 1 heterocycles. The molecule has 1 aliphatic rings. The molecule has 0 aliphatic carbocycles. The number of carbonyl (C=O) groups is 1. The zero-order chi connectivity index (χ0) is 18.2. The van der Waals surface area contributed by atoms with E-state index in [9.17, 15) is 13.2 Å². The highest BCUT2D eigenvalue weighted by Gasteiger charge is 2.28. The lowest BCUT2D eigenvalue weighted by molar-refractivity contribution is -0.114. The molecule has 0 bridgehead atoms. The minimum absolute atomic E-state index is 0.241. The molecule has 0 atom stereocenters. The molecule has 128 valence electrons. The molecular formula is C17H13BrN2O4S. The second-order valence-corrected chi connectivity index (χ2v) is 7.72. The number of hydrogen-bond acceptors (Lipinski definition) is 4. The Morgan fingerprint density at radius 1 is 1.08 bits per heavy atom. The minimum atomic E-state index is -4.28. The number of rotatable bonds is 3. The summed E-state index contributed by atoms with van der Waals surface area (Å²) in [7, 11) is -4.28. The Morgan fingerprint density at radius 2 is 1.68 bits per heavy atom. The van der Waals surface area contributed by atoms with E-state index < -0.39 is 10.1 Å². The minimum Gasteiger partial charge on any atom is -0.282 e. The average Bonchev–Trinajstić information content (AvgIpc) is 2.84. The van der Waals surface area contributed by atoms with Gasteiger partial charge < -0.3 is 0 Å². The van der Waals surface area contributed by atoms with E-state index in [2.05, 4.69) is 21.0 Å². The Labute approximate surface area is 153 Å².